The van der Waals surface area contributed by atoms with Crippen molar-refractivity contribution < 1.29 is 4.79 Å². The van der Waals surface area contributed by atoms with Crippen molar-refractivity contribution in [1.82, 2.24) is 0 Å². The Hall–Kier alpha value is -2.35. The van der Waals surface area contributed by atoms with Crippen LogP contribution in [0.2, 0.25) is 0 Å². The highest BCUT2D eigenvalue weighted by Crippen LogP contribution is 2.33. The molecule has 2 nitrogen and oxygen atoms in total. The van der Waals surface area contributed by atoms with Crippen LogP contribution in [0.25, 0.3) is 0 Å². The average Bonchev–Trinajstić information content (AvgIpc) is 2.40. The van der Waals surface area contributed by atoms with Gasteiger partial charge in [-0.2, -0.15) is 0 Å². The van der Waals surface area contributed by atoms with Crippen molar-refractivity contribution in [3.05, 3.63) is 72.4 Å². The minimum Gasteiger partial charge on any atom is -0.314 e. The highest BCUT2D eigenvalue weighted by molar-refractivity contribution is 6.01. The van der Waals surface area contributed by atoms with Crippen LogP contribution in [0.3, 0.4) is 0 Å². The van der Waals surface area contributed by atoms with Gasteiger partial charge in [-0.3, -0.25) is 4.79 Å². The fourth-order valence-electron chi connectivity index (χ4n) is 2.11. The standard InChI is InChI=1S/C16H13NO/c18-16-11-15(12-16)17(13-7-3-1-4-8-13)14-9-5-2-6-10-14/h1-11H,12H2. The summed E-state index contributed by atoms with van der Waals surface area (Å²) in [5.74, 6) is 0.196. The highest BCUT2D eigenvalue weighted by Gasteiger charge is 2.23. The van der Waals surface area contributed by atoms with Gasteiger partial charge in [0.05, 0.1) is 6.42 Å². The summed E-state index contributed by atoms with van der Waals surface area (Å²) >= 11 is 0. The second kappa shape index (κ2) is 4.49. The van der Waals surface area contributed by atoms with Gasteiger partial charge in [0.2, 0.25) is 0 Å². The molecule has 1 aliphatic rings. The molecule has 88 valence electrons. The van der Waals surface area contributed by atoms with E-state index in [4.69, 9.17) is 0 Å². The number of allylic oxidation sites excluding steroid dienone is 2. The van der Waals surface area contributed by atoms with Gasteiger partial charge >= 0.3 is 0 Å². The Labute approximate surface area is 106 Å². The first kappa shape index (κ1) is 10.8. The summed E-state index contributed by atoms with van der Waals surface area (Å²) in [5, 5.41) is 0. The maximum absolute atomic E-state index is 11.2. The molecule has 2 aromatic rings. The highest BCUT2D eigenvalue weighted by atomic mass is 16.1. The second-order valence-electron chi connectivity index (χ2n) is 4.29. The third-order valence-electron chi connectivity index (χ3n) is 3.00. The SMILES string of the molecule is O=C1C=C(N(c2ccccc2)c2ccccc2)C1. The van der Waals surface area contributed by atoms with Gasteiger partial charge in [-0.15, -0.1) is 0 Å². The molecular formula is C16H13NO. The minimum absolute atomic E-state index is 0.196. The van der Waals surface area contributed by atoms with E-state index in [-0.39, 0.29) is 5.78 Å². The summed E-state index contributed by atoms with van der Waals surface area (Å²) in [4.78, 5) is 13.3. The summed E-state index contributed by atoms with van der Waals surface area (Å²) < 4.78 is 0. The van der Waals surface area contributed by atoms with Crippen LogP contribution in [0.1, 0.15) is 6.42 Å². The first-order valence-electron chi connectivity index (χ1n) is 5.98. The van der Waals surface area contributed by atoms with Crippen molar-refractivity contribution in [1.29, 1.82) is 0 Å². The zero-order valence-electron chi connectivity index (χ0n) is 9.91. The van der Waals surface area contributed by atoms with Crippen molar-refractivity contribution in [3.8, 4) is 0 Å². The van der Waals surface area contributed by atoms with E-state index in [1.165, 1.54) is 0 Å². The number of rotatable bonds is 3. The normalized spacial score (nSPS) is 13.8. The largest absolute Gasteiger partial charge is 0.314 e. The first-order valence-corrected chi connectivity index (χ1v) is 5.98. The predicted molar refractivity (Wildman–Crippen MR) is 72.7 cm³/mol. The fourth-order valence-corrected chi connectivity index (χ4v) is 2.11. The Morgan fingerprint density at radius 2 is 1.22 bits per heavy atom. The molecular weight excluding hydrogens is 222 g/mol. The topological polar surface area (TPSA) is 20.3 Å². The maximum atomic E-state index is 11.2. The second-order valence-corrected chi connectivity index (χ2v) is 4.29. The molecule has 1 aliphatic carbocycles. The van der Waals surface area contributed by atoms with Gasteiger partial charge in [0.15, 0.2) is 5.78 Å². The summed E-state index contributed by atoms with van der Waals surface area (Å²) in [6.07, 6.45) is 2.23. The lowest BCUT2D eigenvalue weighted by atomic mass is 10.0. The van der Waals surface area contributed by atoms with E-state index < -0.39 is 0 Å². The van der Waals surface area contributed by atoms with E-state index in [9.17, 15) is 4.79 Å². The number of para-hydroxylation sites is 2. The Balaban J connectivity index is 2.05. The first-order chi connectivity index (χ1) is 8.84. The molecule has 0 saturated heterocycles. The van der Waals surface area contributed by atoms with Crippen LogP contribution in [0.5, 0.6) is 0 Å². The molecule has 2 heteroatoms. The van der Waals surface area contributed by atoms with Crippen LogP contribution in [-0.2, 0) is 4.79 Å². The zero-order chi connectivity index (χ0) is 12.4. The number of hydrogen-bond donors (Lipinski definition) is 0. The van der Waals surface area contributed by atoms with Crippen LogP contribution in [0.4, 0.5) is 11.4 Å². The molecule has 0 spiro atoms. The third-order valence-corrected chi connectivity index (χ3v) is 3.00. The quantitative estimate of drug-likeness (QED) is 0.808. The number of carbonyl (C=O) groups is 1. The minimum atomic E-state index is 0.196. The van der Waals surface area contributed by atoms with Crippen LogP contribution >= 0.6 is 0 Å². The molecule has 2 aromatic carbocycles. The zero-order valence-corrected chi connectivity index (χ0v) is 9.91. The molecule has 0 bridgehead atoms. The van der Waals surface area contributed by atoms with E-state index >= 15 is 0 Å². The van der Waals surface area contributed by atoms with E-state index in [1.807, 2.05) is 36.4 Å². The van der Waals surface area contributed by atoms with Gasteiger partial charge in [0.25, 0.3) is 0 Å². The number of anilines is 2. The van der Waals surface area contributed by atoms with E-state index in [2.05, 4.69) is 29.2 Å². The predicted octanol–water partition coefficient (Wildman–Crippen LogP) is 3.68. The Morgan fingerprint density at radius 3 is 1.61 bits per heavy atom. The lowest BCUT2D eigenvalue weighted by Crippen LogP contribution is -2.25. The number of ketones is 1. The van der Waals surface area contributed by atoms with Crippen LogP contribution in [-0.4, -0.2) is 5.78 Å². The van der Waals surface area contributed by atoms with Crippen molar-refractivity contribution in [2.45, 2.75) is 6.42 Å². The van der Waals surface area contributed by atoms with Gasteiger partial charge in [-0.1, -0.05) is 36.4 Å². The summed E-state index contributed by atoms with van der Waals surface area (Å²) in [7, 11) is 0. The number of carbonyl (C=O) groups excluding carboxylic acids is 1. The van der Waals surface area contributed by atoms with Gasteiger partial charge in [-0.05, 0) is 24.3 Å². The van der Waals surface area contributed by atoms with Gasteiger partial charge < -0.3 is 4.90 Å². The third kappa shape index (κ3) is 1.93. The summed E-state index contributed by atoms with van der Waals surface area (Å²) in [5.41, 5.74) is 3.22. The molecule has 3 rings (SSSR count). The van der Waals surface area contributed by atoms with Crippen molar-refractivity contribution in [2.24, 2.45) is 0 Å². The molecule has 0 radical (unpaired) electrons. The molecule has 18 heavy (non-hydrogen) atoms. The molecule has 0 aromatic heterocycles. The van der Waals surface area contributed by atoms with Crippen molar-refractivity contribution >= 4 is 17.2 Å². The molecule has 0 saturated carbocycles. The van der Waals surface area contributed by atoms with Crippen LogP contribution in [0.15, 0.2) is 72.4 Å². The smallest absolute Gasteiger partial charge is 0.163 e. The van der Waals surface area contributed by atoms with Gasteiger partial charge in [0, 0.05) is 23.1 Å². The lowest BCUT2D eigenvalue weighted by molar-refractivity contribution is -0.115. The fraction of sp³-hybridized carbons (Fsp3) is 0.0625. The van der Waals surface area contributed by atoms with E-state index in [0.717, 1.165) is 17.1 Å². The van der Waals surface area contributed by atoms with Gasteiger partial charge in [-0.25, -0.2) is 0 Å². The molecule has 0 N–H and O–H groups in total. The number of benzene rings is 2. The van der Waals surface area contributed by atoms with Crippen LogP contribution < -0.4 is 4.90 Å². The molecule has 0 fully saturated rings. The molecule has 0 aliphatic heterocycles. The average molecular weight is 235 g/mol. The number of hydrogen-bond acceptors (Lipinski definition) is 2. The Kier molecular flexibility index (Phi) is 2.69. The summed E-state index contributed by atoms with van der Waals surface area (Å²) in [6, 6.07) is 20.2. The molecule has 0 heterocycles. The number of nitrogens with zero attached hydrogens (tertiary/aromatic N) is 1. The van der Waals surface area contributed by atoms with Gasteiger partial charge in [0.1, 0.15) is 0 Å². The van der Waals surface area contributed by atoms with Crippen molar-refractivity contribution in [2.75, 3.05) is 4.90 Å². The lowest BCUT2D eigenvalue weighted by Gasteiger charge is -2.30. The summed E-state index contributed by atoms with van der Waals surface area (Å²) in [6.45, 7) is 0. The van der Waals surface area contributed by atoms with E-state index in [0.29, 0.717) is 6.42 Å². The van der Waals surface area contributed by atoms with Crippen LogP contribution in [0, 0.1) is 0 Å². The molecule has 0 atom stereocenters. The Bertz CT molecular complexity index is 548. The van der Waals surface area contributed by atoms with Crippen molar-refractivity contribution in [3.63, 3.8) is 0 Å². The Morgan fingerprint density at radius 1 is 0.778 bits per heavy atom. The molecule has 0 amide bonds. The monoisotopic (exact) mass is 235 g/mol. The maximum Gasteiger partial charge on any atom is 0.163 e. The molecule has 0 unspecified atom stereocenters. The van der Waals surface area contributed by atoms with E-state index in [1.54, 1.807) is 6.08 Å².